The van der Waals surface area contributed by atoms with Gasteiger partial charge in [-0.05, 0) is 70.5 Å². The monoisotopic (exact) mass is 361 g/mol. The molecule has 0 atom stereocenters. The first-order valence-corrected chi connectivity index (χ1v) is 9.47. The van der Waals surface area contributed by atoms with Crippen molar-refractivity contribution in [1.29, 1.82) is 0 Å². The SMILES string of the molecule is Cc1cc(C)c(NC(=O)c2ccc(S(=O)(=O)NC(C)C)cc2)c(C)n1. The Labute approximate surface area is 148 Å². The number of carbonyl (C=O) groups excluding carboxylic acids is 1. The van der Waals surface area contributed by atoms with Crippen LogP contribution in [-0.4, -0.2) is 25.4 Å². The van der Waals surface area contributed by atoms with Crippen LogP contribution in [0.5, 0.6) is 0 Å². The highest BCUT2D eigenvalue weighted by atomic mass is 32.2. The second-order valence-electron chi connectivity index (χ2n) is 6.30. The average Bonchev–Trinajstić information content (AvgIpc) is 2.49. The van der Waals surface area contributed by atoms with Crippen LogP contribution in [0.25, 0.3) is 0 Å². The Balaban J connectivity index is 2.22. The lowest BCUT2D eigenvalue weighted by Gasteiger charge is -2.13. The van der Waals surface area contributed by atoms with E-state index in [2.05, 4.69) is 15.0 Å². The number of carbonyl (C=O) groups is 1. The summed E-state index contributed by atoms with van der Waals surface area (Å²) in [6.07, 6.45) is 0. The summed E-state index contributed by atoms with van der Waals surface area (Å²) in [5, 5.41) is 2.85. The van der Waals surface area contributed by atoms with Gasteiger partial charge < -0.3 is 5.32 Å². The zero-order chi connectivity index (χ0) is 18.8. The quantitative estimate of drug-likeness (QED) is 0.857. The van der Waals surface area contributed by atoms with E-state index in [4.69, 9.17) is 0 Å². The first kappa shape index (κ1) is 19.1. The van der Waals surface area contributed by atoms with Crippen LogP contribution in [0.2, 0.25) is 0 Å². The van der Waals surface area contributed by atoms with E-state index < -0.39 is 10.0 Å². The molecule has 0 aliphatic carbocycles. The van der Waals surface area contributed by atoms with Gasteiger partial charge in [0.05, 0.1) is 16.3 Å². The molecule has 2 rings (SSSR count). The van der Waals surface area contributed by atoms with Gasteiger partial charge >= 0.3 is 0 Å². The topological polar surface area (TPSA) is 88.2 Å². The third-order valence-electron chi connectivity index (χ3n) is 3.58. The maximum atomic E-state index is 12.4. The molecule has 1 aromatic carbocycles. The highest BCUT2D eigenvalue weighted by Crippen LogP contribution is 2.20. The molecule has 7 heteroatoms. The van der Waals surface area contributed by atoms with Gasteiger partial charge in [-0.1, -0.05) is 0 Å². The van der Waals surface area contributed by atoms with Gasteiger partial charge in [0, 0.05) is 17.3 Å². The third-order valence-corrected chi connectivity index (χ3v) is 5.26. The third kappa shape index (κ3) is 4.64. The maximum absolute atomic E-state index is 12.4. The number of aryl methyl sites for hydroxylation is 3. The van der Waals surface area contributed by atoms with Crippen molar-refractivity contribution in [3.8, 4) is 0 Å². The second-order valence-corrected chi connectivity index (χ2v) is 8.01. The van der Waals surface area contributed by atoms with E-state index in [1.807, 2.05) is 26.8 Å². The minimum Gasteiger partial charge on any atom is -0.320 e. The zero-order valence-corrected chi connectivity index (χ0v) is 15.9. The summed E-state index contributed by atoms with van der Waals surface area (Å²) in [4.78, 5) is 16.9. The van der Waals surface area contributed by atoms with Crippen LogP contribution >= 0.6 is 0 Å². The van der Waals surface area contributed by atoms with E-state index in [1.54, 1.807) is 13.8 Å². The number of hydrogen-bond acceptors (Lipinski definition) is 4. The molecule has 0 saturated carbocycles. The lowest BCUT2D eigenvalue weighted by molar-refractivity contribution is 0.102. The van der Waals surface area contributed by atoms with Gasteiger partial charge in [0.25, 0.3) is 5.91 Å². The number of rotatable bonds is 5. The molecule has 0 unspecified atom stereocenters. The molecular formula is C18H23N3O3S. The predicted molar refractivity (Wildman–Crippen MR) is 98.3 cm³/mol. The molecule has 0 aliphatic heterocycles. The number of anilines is 1. The molecule has 0 saturated heterocycles. The van der Waals surface area contributed by atoms with Crippen LogP contribution in [0.3, 0.4) is 0 Å². The fourth-order valence-electron chi connectivity index (χ4n) is 2.56. The summed E-state index contributed by atoms with van der Waals surface area (Å²) < 4.78 is 26.7. The Hall–Kier alpha value is -2.25. The minimum atomic E-state index is -3.57. The van der Waals surface area contributed by atoms with Crippen molar-refractivity contribution >= 4 is 21.6 Å². The smallest absolute Gasteiger partial charge is 0.255 e. The van der Waals surface area contributed by atoms with Crippen molar-refractivity contribution in [3.63, 3.8) is 0 Å². The number of sulfonamides is 1. The zero-order valence-electron chi connectivity index (χ0n) is 15.0. The molecule has 2 aromatic rings. The predicted octanol–water partition coefficient (Wildman–Crippen LogP) is 2.95. The van der Waals surface area contributed by atoms with Gasteiger partial charge in [-0.3, -0.25) is 9.78 Å². The van der Waals surface area contributed by atoms with Crippen LogP contribution < -0.4 is 10.0 Å². The van der Waals surface area contributed by atoms with Crippen molar-refractivity contribution in [1.82, 2.24) is 9.71 Å². The average molecular weight is 361 g/mol. The Morgan fingerprint density at radius 3 is 2.20 bits per heavy atom. The second kappa shape index (κ2) is 7.33. The Morgan fingerprint density at radius 1 is 1.08 bits per heavy atom. The van der Waals surface area contributed by atoms with E-state index in [9.17, 15) is 13.2 Å². The Bertz CT molecular complexity index is 865. The van der Waals surface area contributed by atoms with Gasteiger partial charge in [-0.15, -0.1) is 0 Å². The first-order valence-electron chi connectivity index (χ1n) is 7.99. The molecule has 6 nitrogen and oxygen atoms in total. The number of benzene rings is 1. The van der Waals surface area contributed by atoms with Crippen LogP contribution in [0.4, 0.5) is 5.69 Å². The molecule has 0 radical (unpaired) electrons. The molecule has 0 spiro atoms. The van der Waals surface area contributed by atoms with Crippen molar-refractivity contribution < 1.29 is 13.2 Å². The van der Waals surface area contributed by atoms with Crippen LogP contribution in [0.1, 0.15) is 41.2 Å². The Morgan fingerprint density at radius 2 is 1.68 bits per heavy atom. The molecule has 25 heavy (non-hydrogen) atoms. The number of aromatic nitrogens is 1. The fourth-order valence-corrected chi connectivity index (χ4v) is 3.81. The molecule has 0 fully saturated rings. The first-order chi connectivity index (χ1) is 11.6. The summed E-state index contributed by atoms with van der Waals surface area (Å²) in [6.45, 7) is 9.14. The van der Waals surface area contributed by atoms with Crippen LogP contribution in [0, 0.1) is 20.8 Å². The summed E-state index contributed by atoms with van der Waals surface area (Å²) in [5.74, 6) is -0.308. The minimum absolute atomic E-state index is 0.127. The molecule has 0 aliphatic rings. The highest BCUT2D eigenvalue weighted by molar-refractivity contribution is 7.89. The normalized spacial score (nSPS) is 11.6. The molecule has 1 heterocycles. The van der Waals surface area contributed by atoms with Gasteiger partial charge in [0.2, 0.25) is 10.0 Å². The maximum Gasteiger partial charge on any atom is 0.255 e. The van der Waals surface area contributed by atoms with Gasteiger partial charge in [0.15, 0.2) is 0 Å². The number of nitrogens with zero attached hydrogens (tertiary/aromatic N) is 1. The number of nitrogens with one attached hydrogen (secondary N) is 2. The lowest BCUT2D eigenvalue weighted by atomic mass is 10.1. The van der Waals surface area contributed by atoms with E-state index in [-0.39, 0.29) is 16.8 Å². The number of amides is 1. The van der Waals surface area contributed by atoms with Gasteiger partial charge in [-0.2, -0.15) is 0 Å². The van der Waals surface area contributed by atoms with Crippen molar-refractivity contribution in [2.24, 2.45) is 0 Å². The summed E-state index contributed by atoms with van der Waals surface area (Å²) in [7, 11) is -3.57. The fraction of sp³-hybridized carbons (Fsp3) is 0.333. The number of pyridine rings is 1. The summed E-state index contributed by atoms with van der Waals surface area (Å²) in [5.41, 5.74) is 3.61. The summed E-state index contributed by atoms with van der Waals surface area (Å²) >= 11 is 0. The van der Waals surface area contributed by atoms with Crippen molar-refractivity contribution in [3.05, 3.63) is 52.8 Å². The highest BCUT2D eigenvalue weighted by Gasteiger charge is 2.16. The van der Waals surface area contributed by atoms with Gasteiger partial charge in [-0.25, -0.2) is 13.1 Å². The molecule has 1 aromatic heterocycles. The van der Waals surface area contributed by atoms with E-state index in [0.29, 0.717) is 11.3 Å². The number of hydrogen-bond donors (Lipinski definition) is 2. The van der Waals surface area contributed by atoms with Crippen LogP contribution in [-0.2, 0) is 10.0 Å². The molecular weight excluding hydrogens is 338 g/mol. The van der Waals surface area contributed by atoms with Crippen molar-refractivity contribution in [2.45, 2.75) is 45.6 Å². The Kier molecular flexibility index (Phi) is 5.59. The molecule has 134 valence electrons. The van der Waals surface area contributed by atoms with E-state index >= 15 is 0 Å². The molecule has 1 amide bonds. The van der Waals surface area contributed by atoms with E-state index in [0.717, 1.165) is 17.0 Å². The summed E-state index contributed by atoms with van der Waals surface area (Å²) in [6, 6.07) is 7.54. The standard InChI is InChI=1S/C18H23N3O3S/c1-11(2)21-25(23,24)16-8-6-15(7-9-16)18(22)20-17-12(3)10-13(4)19-14(17)5/h6-11,21H,1-5H3,(H,20,22). The molecule has 0 bridgehead atoms. The van der Waals surface area contributed by atoms with E-state index in [1.165, 1.54) is 24.3 Å². The van der Waals surface area contributed by atoms with Gasteiger partial charge in [0.1, 0.15) is 0 Å². The lowest BCUT2D eigenvalue weighted by Crippen LogP contribution is -2.30. The van der Waals surface area contributed by atoms with Crippen molar-refractivity contribution in [2.75, 3.05) is 5.32 Å². The molecule has 2 N–H and O–H groups in total. The van der Waals surface area contributed by atoms with Crippen LogP contribution in [0.15, 0.2) is 35.2 Å². The largest absolute Gasteiger partial charge is 0.320 e.